The fourth-order valence-electron chi connectivity index (χ4n) is 17.5. The zero-order chi connectivity index (χ0) is 60.3. The zero-order valence-electron chi connectivity index (χ0n) is 53.7. The third kappa shape index (κ3) is 19.4. The lowest BCUT2D eigenvalue weighted by atomic mass is 9.43. The molecule has 5 saturated carbocycles. The van der Waals surface area contributed by atoms with Crippen LogP contribution < -0.4 is 25.4 Å². The van der Waals surface area contributed by atoms with Crippen LogP contribution in [0.3, 0.4) is 0 Å². The summed E-state index contributed by atoms with van der Waals surface area (Å²) in [6.45, 7) is 19.5. The van der Waals surface area contributed by atoms with Gasteiger partial charge in [0.05, 0.1) is 39.1 Å². The average Bonchev–Trinajstić information content (AvgIpc) is 1.44. The number of carbonyl (C=O) groups excluding carboxylic acids is 2. The van der Waals surface area contributed by atoms with Crippen molar-refractivity contribution < 1.29 is 46.6 Å². The molecule has 14 nitrogen and oxygen atoms in total. The quantitative estimate of drug-likeness (QED) is 0.0242. The van der Waals surface area contributed by atoms with Crippen molar-refractivity contribution in [2.45, 2.75) is 264 Å². The molecule has 1 heterocycles. The molecule has 0 spiro atoms. The van der Waals surface area contributed by atoms with Crippen LogP contribution >= 0.6 is 0 Å². The number of ether oxygens (including phenoxy) is 4. The first-order valence-corrected chi connectivity index (χ1v) is 36.6. The standard InChI is InChI=1S/C68H118N4O10S2/c1-9-10-11-14-17-23-54(66(75)81-53-34-42-72(47-53)58-24-18-19-25-61(58)80-43-35-50-27-31-62(78-7)63(44-50)79-8)65(74)71-41-22-39-69-38-20-15-12-13-16-21-40-70-52-32-36-67(5)51(45-52)46-59(73)64-56-29-28-55(68(56,6)37-33-57(64)67)49(4)26-30-60(48(2)3)82-84(76,77)83/h27,31,44,48-49,51-61,64,69-70,73H,9-26,28-30,32-43,45-47H2,1-8H3,(H,71,74)(H,76,77,83)/t49-,51-,52+,53-,54?,55-,56+,57+,58-,59-,60-,61-,64+,67+,68-/m1/s1. The highest BCUT2D eigenvalue weighted by Gasteiger charge is 2.63. The highest BCUT2D eigenvalue weighted by molar-refractivity contribution is 8.27. The van der Waals surface area contributed by atoms with E-state index in [4.69, 9.17) is 34.3 Å². The molecule has 2 unspecified atom stereocenters. The molecule has 0 radical (unpaired) electrons. The first-order chi connectivity index (χ1) is 40.4. The monoisotopic (exact) mass is 1210 g/mol. The average molecular weight is 1220 g/mol. The van der Waals surface area contributed by atoms with Crippen molar-refractivity contribution in [3.05, 3.63) is 23.8 Å². The second-order valence-electron chi connectivity index (χ2n) is 28.1. The lowest BCUT2D eigenvalue weighted by molar-refractivity contribution is -0.167. The molecule has 0 bridgehead atoms. The number of aliphatic hydroxyl groups is 1. The minimum Gasteiger partial charge on any atom is -0.493 e. The summed E-state index contributed by atoms with van der Waals surface area (Å²) >= 11 is 4.71. The minimum absolute atomic E-state index is 0.128. The number of hydrogen-bond donors (Lipinski definition) is 5. The number of benzene rings is 1. The number of amides is 1. The molecular formula is C68H118N4O10S2. The highest BCUT2D eigenvalue weighted by Crippen LogP contribution is 2.68. The summed E-state index contributed by atoms with van der Waals surface area (Å²) in [5.41, 5.74) is 1.69. The third-order valence-electron chi connectivity index (χ3n) is 22.3. The Morgan fingerprint density at radius 2 is 1.49 bits per heavy atom. The Morgan fingerprint density at radius 3 is 2.24 bits per heavy atom. The second kappa shape index (κ2) is 34.2. The number of carbonyl (C=O) groups is 2. The maximum atomic E-state index is 13.8. The van der Waals surface area contributed by atoms with Crippen LogP contribution in [0.15, 0.2) is 18.2 Å². The number of esters is 1. The number of methoxy groups -OCH3 is 2. The maximum Gasteiger partial charge on any atom is 0.318 e. The summed E-state index contributed by atoms with van der Waals surface area (Å²) in [6.07, 6.45) is 30.8. The Kier molecular flexibility index (Phi) is 28.2. The van der Waals surface area contributed by atoms with Gasteiger partial charge in [-0.2, -0.15) is 4.21 Å². The van der Waals surface area contributed by atoms with Crippen LogP contribution in [0.4, 0.5) is 0 Å². The van der Waals surface area contributed by atoms with Crippen molar-refractivity contribution in [1.29, 1.82) is 0 Å². The third-order valence-corrected chi connectivity index (χ3v) is 23.1. The van der Waals surface area contributed by atoms with Gasteiger partial charge in [0, 0.05) is 42.9 Å². The molecular weight excluding hydrogens is 1100 g/mol. The van der Waals surface area contributed by atoms with Gasteiger partial charge in [0.25, 0.3) is 9.05 Å². The molecule has 16 heteroatoms. The number of fused-ring (bicyclic) bond motifs is 5. The smallest absolute Gasteiger partial charge is 0.318 e. The van der Waals surface area contributed by atoms with Crippen LogP contribution in [0.5, 0.6) is 11.5 Å². The SMILES string of the molecule is CCCCCCCC(C(=O)NCCCNCCCCCCCCN[C@H]1CC[C@@]2(C)[C@H](C1)C[C@@H](O)[C@@H]1[C@@H]2CC[C@]2(C)[C@@H]([C@H](C)CC[C@@H](OS(=O)(O)=S)C(C)C)CC[C@@H]12)C(=O)O[C@@H]1CCN([C@@H]2CCCC[C@H]2OCCc2ccc(OC)c(OC)c2)C1. The van der Waals surface area contributed by atoms with Crippen molar-refractivity contribution in [3.8, 4) is 11.5 Å². The molecule has 1 aliphatic heterocycles. The van der Waals surface area contributed by atoms with E-state index >= 15 is 0 Å². The summed E-state index contributed by atoms with van der Waals surface area (Å²) < 4.78 is 50.8. The molecule has 7 rings (SSSR count). The van der Waals surface area contributed by atoms with Crippen LogP contribution in [-0.2, 0) is 49.9 Å². The lowest BCUT2D eigenvalue weighted by Gasteiger charge is -2.62. The molecule has 5 N–H and O–H groups in total. The van der Waals surface area contributed by atoms with Crippen LogP contribution in [0, 0.1) is 58.2 Å². The Morgan fingerprint density at radius 1 is 0.786 bits per heavy atom. The van der Waals surface area contributed by atoms with Gasteiger partial charge in [-0.15, -0.1) is 0 Å². The first kappa shape index (κ1) is 69.3. The molecule has 0 aromatic heterocycles. The number of rotatable bonds is 37. The zero-order valence-corrected chi connectivity index (χ0v) is 55.3. The van der Waals surface area contributed by atoms with E-state index in [0.717, 1.165) is 133 Å². The Hall–Kier alpha value is -2.15. The lowest BCUT2D eigenvalue weighted by Crippen LogP contribution is -2.59. The van der Waals surface area contributed by atoms with Crippen LogP contribution in [0.1, 0.15) is 227 Å². The van der Waals surface area contributed by atoms with Crippen LogP contribution in [-0.4, -0.2) is 127 Å². The summed E-state index contributed by atoms with van der Waals surface area (Å²) in [5.74, 6) is 3.50. The Balaban J connectivity index is 0.726. The van der Waals surface area contributed by atoms with Crippen molar-refractivity contribution in [3.63, 3.8) is 0 Å². The van der Waals surface area contributed by atoms with Crippen LogP contribution in [0.2, 0.25) is 0 Å². The fourth-order valence-corrected chi connectivity index (χ4v) is 18.4. The van der Waals surface area contributed by atoms with E-state index in [1.807, 2.05) is 26.0 Å². The first-order valence-electron chi connectivity index (χ1n) is 34.2. The van der Waals surface area contributed by atoms with Gasteiger partial charge in [0.15, 0.2) is 11.5 Å². The number of nitrogens with one attached hydrogen (secondary N) is 3. The topological polar surface area (TPSA) is 177 Å². The number of hydrogen-bond acceptors (Lipinski definition) is 13. The van der Waals surface area contributed by atoms with E-state index in [-0.39, 0.29) is 47.6 Å². The Labute approximate surface area is 514 Å². The normalized spacial score (nSPS) is 31.5. The van der Waals surface area contributed by atoms with Gasteiger partial charge in [-0.25, -0.2) is 0 Å². The molecule has 6 fully saturated rings. The predicted molar refractivity (Wildman–Crippen MR) is 341 cm³/mol. The highest BCUT2D eigenvalue weighted by atomic mass is 32.9. The fraction of sp³-hybridized carbons (Fsp3) is 0.882. The van der Waals surface area contributed by atoms with E-state index in [1.54, 1.807) is 14.2 Å². The van der Waals surface area contributed by atoms with Gasteiger partial charge in [0.1, 0.15) is 12.0 Å². The van der Waals surface area contributed by atoms with Gasteiger partial charge < -0.3 is 40.0 Å². The van der Waals surface area contributed by atoms with Crippen molar-refractivity contribution >= 4 is 32.1 Å². The molecule has 482 valence electrons. The molecule has 84 heavy (non-hydrogen) atoms. The maximum absolute atomic E-state index is 13.8. The van der Waals surface area contributed by atoms with Crippen molar-refractivity contribution in [2.75, 3.05) is 60.1 Å². The molecule has 5 aliphatic carbocycles. The van der Waals surface area contributed by atoms with E-state index in [1.165, 1.54) is 89.9 Å². The summed E-state index contributed by atoms with van der Waals surface area (Å²) in [4.78, 5) is 29.9. The summed E-state index contributed by atoms with van der Waals surface area (Å²) in [5, 5.41) is 22.7. The molecule has 1 saturated heterocycles. The molecule has 1 aromatic carbocycles. The largest absolute Gasteiger partial charge is 0.493 e. The number of likely N-dealkylation sites (tertiary alicyclic amines) is 1. The van der Waals surface area contributed by atoms with Gasteiger partial charge >= 0.3 is 5.97 Å². The molecule has 1 aromatic rings. The van der Waals surface area contributed by atoms with Gasteiger partial charge in [-0.05, 0) is 205 Å². The van der Waals surface area contributed by atoms with Crippen molar-refractivity contribution in [2.24, 2.45) is 58.2 Å². The van der Waals surface area contributed by atoms with Gasteiger partial charge in [-0.1, -0.05) is 118 Å². The van der Waals surface area contributed by atoms with E-state index in [2.05, 4.69) is 54.6 Å². The number of aliphatic hydroxyl groups excluding tert-OH is 1. The molecule has 16 atom stereocenters. The second-order valence-corrected chi connectivity index (χ2v) is 30.4. The van der Waals surface area contributed by atoms with E-state index in [9.17, 15) is 23.5 Å². The summed E-state index contributed by atoms with van der Waals surface area (Å²) in [7, 11) is -0.341. The van der Waals surface area contributed by atoms with Crippen molar-refractivity contribution in [1.82, 2.24) is 20.9 Å². The minimum atomic E-state index is -3.65. The Bertz CT molecular complexity index is 2240. The number of unbranched alkanes of at least 4 members (excludes halogenated alkanes) is 9. The van der Waals surface area contributed by atoms with E-state index in [0.29, 0.717) is 79.1 Å². The molecule has 6 aliphatic rings. The summed E-state index contributed by atoms with van der Waals surface area (Å²) in [6, 6.07) is 6.89. The van der Waals surface area contributed by atoms with Crippen LogP contribution in [0.25, 0.3) is 0 Å². The van der Waals surface area contributed by atoms with Gasteiger partial charge in [-0.3, -0.25) is 23.2 Å². The predicted octanol–water partition coefficient (Wildman–Crippen LogP) is 12.8. The van der Waals surface area contributed by atoms with Gasteiger partial charge in [0.2, 0.25) is 5.91 Å². The van der Waals surface area contributed by atoms with E-state index < -0.39 is 15.0 Å². The number of nitrogens with zero attached hydrogens (tertiary/aromatic N) is 1. The molecule has 1 amide bonds.